The maximum absolute atomic E-state index is 13.4. The van der Waals surface area contributed by atoms with Crippen molar-refractivity contribution in [1.29, 1.82) is 0 Å². The minimum Gasteiger partial charge on any atom is -0.343 e. The van der Waals surface area contributed by atoms with E-state index in [1.165, 1.54) is 5.32 Å². The minimum atomic E-state index is -5.72. The summed E-state index contributed by atoms with van der Waals surface area (Å²) in [6, 6.07) is -6.04. The Hall–Kier alpha value is -2.37. The van der Waals surface area contributed by atoms with E-state index in [1.807, 2.05) is 0 Å². The molecule has 13 heteroatoms. The van der Waals surface area contributed by atoms with Crippen LogP contribution in [-0.2, 0) is 0 Å². The maximum atomic E-state index is 13.4. The summed E-state index contributed by atoms with van der Waals surface area (Å²) in [7, 11) is 0. The Morgan fingerprint density at radius 1 is 1.04 bits per heavy atom. The summed E-state index contributed by atoms with van der Waals surface area (Å²) < 4.78 is 123. The number of nitrogens with zero attached hydrogens (tertiary/aromatic N) is 4. The quantitative estimate of drug-likeness (QED) is 0.554. The number of nitrogens with one attached hydrogen (secondary N) is 2. The lowest BCUT2D eigenvalue weighted by Gasteiger charge is -2.20. The molecule has 27 heavy (non-hydrogen) atoms. The summed E-state index contributed by atoms with van der Waals surface area (Å²) in [6.07, 6.45) is -10.9. The second-order valence-electron chi connectivity index (χ2n) is 4.81. The maximum Gasteiger partial charge on any atom is 0.408 e. The third-order valence-electron chi connectivity index (χ3n) is 2.75. The van der Waals surface area contributed by atoms with E-state index in [-0.39, 0.29) is 5.15 Å². The molecule has 2 rings (SSSR count). The Labute approximate surface area is 162 Å². The highest BCUT2D eigenvalue weighted by Crippen LogP contribution is 2.26. The number of pyridine rings is 1. The van der Waals surface area contributed by atoms with Crippen molar-refractivity contribution < 1.29 is 34.6 Å². The normalized spacial score (nSPS) is 20.6. The lowest BCUT2D eigenvalue weighted by atomic mass is 10.3. The summed E-state index contributed by atoms with van der Waals surface area (Å²) in [5, 5.41) is 2.56. The molecule has 0 saturated carbocycles. The van der Waals surface area contributed by atoms with Crippen LogP contribution in [0, 0.1) is 0 Å². The molecule has 0 aromatic carbocycles. The molecule has 148 valence electrons. The smallest absolute Gasteiger partial charge is 0.343 e. The monoisotopic (exact) mass is 420 g/mol. The molecular formula is C14H13ClF6N6. The first-order valence-electron chi connectivity index (χ1n) is 9.77. The van der Waals surface area contributed by atoms with Gasteiger partial charge in [-0.05, 0) is 25.9 Å². The SMILES string of the molecule is [2H]c1ccc(Cl)nc1-c1nc(NC([2H])(C)C(F)(F)F)nc(NC([2H])(C([2H])([2H])[2H])C(F)(F)F)n1. The number of alkyl halides is 6. The summed E-state index contributed by atoms with van der Waals surface area (Å²) in [5.74, 6) is -3.19. The highest BCUT2D eigenvalue weighted by Gasteiger charge is 2.38. The van der Waals surface area contributed by atoms with Crippen LogP contribution >= 0.6 is 11.6 Å². The van der Waals surface area contributed by atoms with Gasteiger partial charge in [-0.1, -0.05) is 17.7 Å². The van der Waals surface area contributed by atoms with Crippen molar-refractivity contribution in [3.05, 3.63) is 23.3 Å². The first-order valence-corrected chi connectivity index (χ1v) is 7.15. The van der Waals surface area contributed by atoms with Crippen molar-refractivity contribution in [3.63, 3.8) is 0 Å². The summed E-state index contributed by atoms with van der Waals surface area (Å²) >= 11 is 5.71. The highest BCUT2D eigenvalue weighted by molar-refractivity contribution is 6.29. The predicted octanol–water partition coefficient (Wildman–Crippen LogP) is 4.31. The molecule has 2 N–H and O–H groups in total. The standard InChI is InChI=1S/C14H13ClF6N6/c1-6(13(16,17)18)22-11-25-10(8-4-3-5-9(15)24-8)26-12(27-11)23-7(2)14(19,20)21/h3-7H,1-2H3,(H2,22,23,25,26,27)/i1D3,4D,6D,7D. The number of hydrogen-bond donors (Lipinski definition) is 2. The van der Waals surface area contributed by atoms with Gasteiger partial charge in [-0.3, -0.25) is 0 Å². The van der Waals surface area contributed by atoms with Crippen molar-refractivity contribution in [1.82, 2.24) is 19.9 Å². The molecule has 2 heterocycles. The van der Waals surface area contributed by atoms with Crippen molar-refractivity contribution in [2.24, 2.45) is 0 Å². The average molecular weight is 421 g/mol. The van der Waals surface area contributed by atoms with Crippen LogP contribution in [0.25, 0.3) is 11.5 Å². The van der Waals surface area contributed by atoms with Crippen LogP contribution in [0.5, 0.6) is 0 Å². The summed E-state index contributed by atoms with van der Waals surface area (Å²) in [6.45, 7) is -3.68. The second kappa shape index (κ2) is 7.71. The summed E-state index contributed by atoms with van der Waals surface area (Å²) in [5.41, 5.74) is -0.508. The molecule has 0 spiro atoms. The molecule has 0 fully saturated rings. The first-order chi connectivity index (χ1) is 14.7. The Morgan fingerprint density at radius 3 is 2.11 bits per heavy atom. The Bertz CT molecular complexity index is 1020. The van der Waals surface area contributed by atoms with Gasteiger partial charge in [-0.25, -0.2) is 4.98 Å². The number of hydrogen-bond acceptors (Lipinski definition) is 6. The van der Waals surface area contributed by atoms with Gasteiger partial charge in [0.1, 0.15) is 22.9 Å². The van der Waals surface area contributed by atoms with Crippen molar-refractivity contribution >= 4 is 23.5 Å². The fourth-order valence-corrected chi connectivity index (χ4v) is 1.64. The van der Waals surface area contributed by atoms with E-state index >= 15 is 0 Å². The number of anilines is 2. The molecule has 0 radical (unpaired) electrons. The fraction of sp³-hybridized carbons (Fsp3) is 0.429. The molecule has 0 aliphatic carbocycles. The molecule has 6 nitrogen and oxygen atoms in total. The van der Waals surface area contributed by atoms with Crippen molar-refractivity contribution in [3.8, 4) is 11.5 Å². The van der Waals surface area contributed by atoms with Gasteiger partial charge in [-0.2, -0.15) is 41.3 Å². The van der Waals surface area contributed by atoms with E-state index in [2.05, 4.69) is 19.9 Å². The van der Waals surface area contributed by atoms with Gasteiger partial charge in [0.15, 0.2) is 5.82 Å². The average Bonchev–Trinajstić information content (AvgIpc) is 2.60. The predicted molar refractivity (Wildman–Crippen MR) is 86.3 cm³/mol. The lowest BCUT2D eigenvalue weighted by molar-refractivity contribution is -0.139. The van der Waals surface area contributed by atoms with E-state index in [1.54, 1.807) is 5.32 Å². The largest absolute Gasteiger partial charge is 0.408 e. The van der Waals surface area contributed by atoms with Crippen LogP contribution in [0.2, 0.25) is 5.15 Å². The zero-order valence-electron chi connectivity index (χ0n) is 19.1. The molecule has 0 amide bonds. The minimum absolute atomic E-state index is 0.237. The van der Waals surface area contributed by atoms with Gasteiger partial charge in [0.2, 0.25) is 11.9 Å². The molecule has 0 aliphatic rings. The second-order valence-corrected chi connectivity index (χ2v) is 5.20. The summed E-state index contributed by atoms with van der Waals surface area (Å²) in [4.78, 5) is 14.0. The van der Waals surface area contributed by atoms with Gasteiger partial charge in [0.25, 0.3) is 0 Å². The van der Waals surface area contributed by atoms with E-state index < -0.39 is 60.7 Å². The Balaban J connectivity index is 2.71. The van der Waals surface area contributed by atoms with E-state index in [4.69, 9.17) is 19.8 Å². The van der Waals surface area contributed by atoms with Gasteiger partial charge in [-0.15, -0.1) is 0 Å². The van der Waals surface area contributed by atoms with Gasteiger partial charge >= 0.3 is 12.4 Å². The zero-order valence-corrected chi connectivity index (χ0v) is 13.8. The first kappa shape index (κ1) is 13.7. The van der Waals surface area contributed by atoms with Gasteiger partial charge in [0.05, 0.1) is 4.11 Å². The molecule has 0 bridgehead atoms. The Morgan fingerprint density at radius 2 is 1.59 bits per heavy atom. The highest BCUT2D eigenvalue weighted by atomic mass is 35.5. The van der Waals surface area contributed by atoms with Crippen LogP contribution in [-0.4, -0.2) is 44.3 Å². The van der Waals surface area contributed by atoms with E-state index in [0.29, 0.717) is 6.92 Å². The molecule has 2 atom stereocenters. The topological polar surface area (TPSA) is 75.6 Å². The number of aromatic nitrogens is 4. The molecule has 2 aromatic rings. The van der Waals surface area contributed by atoms with Crippen LogP contribution in [0.3, 0.4) is 0 Å². The van der Waals surface area contributed by atoms with Gasteiger partial charge in [0, 0.05) is 4.11 Å². The van der Waals surface area contributed by atoms with Crippen LogP contribution in [0.4, 0.5) is 38.2 Å². The van der Waals surface area contributed by atoms with Crippen LogP contribution in [0.1, 0.15) is 22.0 Å². The Kier molecular flexibility index (Phi) is 3.92. The molecule has 0 saturated heterocycles. The van der Waals surface area contributed by atoms with Gasteiger partial charge < -0.3 is 10.6 Å². The fourth-order valence-electron chi connectivity index (χ4n) is 1.50. The van der Waals surface area contributed by atoms with Crippen molar-refractivity contribution in [2.45, 2.75) is 38.2 Å². The van der Waals surface area contributed by atoms with Crippen LogP contribution in [0.15, 0.2) is 18.2 Å². The zero-order chi connectivity index (χ0) is 25.6. The molecule has 2 aromatic heterocycles. The van der Waals surface area contributed by atoms with E-state index in [9.17, 15) is 26.3 Å². The lowest BCUT2D eigenvalue weighted by Crippen LogP contribution is -2.35. The molecular weight excluding hydrogens is 402 g/mol. The van der Waals surface area contributed by atoms with Crippen LogP contribution < -0.4 is 10.6 Å². The third kappa shape index (κ3) is 5.81. The molecule has 2 unspecified atom stereocenters. The third-order valence-corrected chi connectivity index (χ3v) is 2.96. The van der Waals surface area contributed by atoms with E-state index in [0.717, 1.165) is 12.1 Å². The van der Waals surface area contributed by atoms with Crippen molar-refractivity contribution in [2.75, 3.05) is 10.6 Å². The number of rotatable bonds is 5. The number of halogens is 7. The molecule has 0 aliphatic heterocycles.